The summed E-state index contributed by atoms with van der Waals surface area (Å²) < 4.78 is 1.92. The van der Waals surface area contributed by atoms with Gasteiger partial charge in [0.05, 0.1) is 18.3 Å². The van der Waals surface area contributed by atoms with Gasteiger partial charge in [-0.3, -0.25) is 9.48 Å². The highest BCUT2D eigenvalue weighted by Gasteiger charge is 2.26. The zero-order valence-corrected chi connectivity index (χ0v) is 14.5. The van der Waals surface area contributed by atoms with Crippen LogP contribution in [0.4, 0.5) is 0 Å². The van der Waals surface area contributed by atoms with Crippen LogP contribution in [0.1, 0.15) is 36.7 Å². The fourth-order valence-electron chi connectivity index (χ4n) is 3.63. The van der Waals surface area contributed by atoms with Crippen LogP contribution in [0.15, 0.2) is 36.7 Å². The van der Waals surface area contributed by atoms with Crippen LogP contribution >= 0.6 is 0 Å². The molecule has 1 amide bonds. The lowest BCUT2D eigenvalue weighted by atomic mass is 9.97. The molecule has 6 nitrogen and oxygen atoms in total. The molecule has 3 aromatic rings. The SMILES string of the molecule is Cc1cnc([C@H]2CCCN(C(=O)CCn3ncc4ccccc43)C2)[nH]1. The molecule has 1 saturated heterocycles. The maximum atomic E-state index is 12.7. The lowest BCUT2D eigenvalue weighted by molar-refractivity contribution is -0.132. The van der Waals surface area contributed by atoms with E-state index in [2.05, 4.69) is 15.1 Å². The number of aromatic nitrogens is 4. The number of amides is 1. The number of carbonyl (C=O) groups is 1. The van der Waals surface area contributed by atoms with Crippen LogP contribution in [0.25, 0.3) is 10.9 Å². The Bertz CT molecular complexity index is 881. The second kappa shape index (κ2) is 6.70. The first-order chi connectivity index (χ1) is 12.2. The number of nitrogens with one attached hydrogen (secondary N) is 1. The Labute approximate surface area is 146 Å². The van der Waals surface area contributed by atoms with Crippen LogP contribution in [0.3, 0.4) is 0 Å². The van der Waals surface area contributed by atoms with E-state index in [4.69, 9.17) is 0 Å². The molecule has 130 valence electrons. The Kier molecular flexibility index (Phi) is 4.26. The normalized spacial score (nSPS) is 18.0. The van der Waals surface area contributed by atoms with Gasteiger partial charge < -0.3 is 9.88 Å². The first-order valence-electron chi connectivity index (χ1n) is 8.90. The highest BCUT2D eigenvalue weighted by atomic mass is 16.2. The van der Waals surface area contributed by atoms with E-state index in [0.29, 0.717) is 18.9 Å². The van der Waals surface area contributed by atoms with Crippen molar-refractivity contribution in [2.24, 2.45) is 0 Å². The molecule has 0 unspecified atom stereocenters. The van der Waals surface area contributed by atoms with Gasteiger partial charge in [-0.15, -0.1) is 0 Å². The number of aryl methyl sites for hydroxylation is 2. The zero-order valence-electron chi connectivity index (χ0n) is 14.5. The fourth-order valence-corrected chi connectivity index (χ4v) is 3.63. The number of H-pyrrole nitrogens is 1. The number of aromatic amines is 1. The molecule has 0 radical (unpaired) electrons. The quantitative estimate of drug-likeness (QED) is 0.796. The number of benzene rings is 1. The van der Waals surface area contributed by atoms with E-state index in [1.807, 2.05) is 53.2 Å². The Hall–Kier alpha value is -2.63. The maximum absolute atomic E-state index is 12.7. The van der Waals surface area contributed by atoms with Gasteiger partial charge in [-0.1, -0.05) is 18.2 Å². The Morgan fingerprint density at radius 1 is 1.32 bits per heavy atom. The minimum atomic E-state index is 0.201. The minimum Gasteiger partial charge on any atom is -0.346 e. The van der Waals surface area contributed by atoms with Crippen LogP contribution < -0.4 is 0 Å². The Balaban J connectivity index is 1.39. The van der Waals surface area contributed by atoms with Gasteiger partial charge in [-0.25, -0.2) is 4.98 Å². The standard InChI is InChI=1S/C19H23N5O/c1-14-11-20-19(22-14)16-6-4-9-23(13-16)18(25)8-10-24-17-7-3-2-5-15(17)12-21-24/h2-3,5,7,11-12,16H,4,6,8-10,13H2,1H3,(H,20,22)/t16-/m0/s1. The summed E-state index contributed by atoms with van der Waals surface area (Å²) in [5.74, 6) is 1.53. The van der Waals surface area contributed by atoms with Gasteiger partial charge in [0, 0.05) is 42.7 Å². The third-order valence-corrected chi connectivity index (χ3v) is 4.97. The van der Waals surface area contributed by atoms with Gasteiger partial charge in [0.25, 0.3) is 0 Å². The summed E-state index contributed by atoms with van der Waals surface area (Å²) in [6, 6.07) is 8.09. The molecular formula is C19H23N5O. The summed E-state index contributed by atoms with van der Waals surface area (Å²) in [7, 11) is 0. The summed E-state index contributed by atoms with van der Waals surface area (Å²) in [5.41, 5.74) is 2.15. The van der Waals surface area contributed by atoms with Crippen LogP contribution in [-0.2, 0) is 11.3 Å². The van der Waals surface area contributed by atoms with Gasteiger partial charge in [-0.2, -0.15) is 5.10 Å². The van der Waals surface area contributed by atoms with E-state index >= 15 is 0 Å². The number of hydrogen-bond donors (Lipinski definition) is 1. The third kappa shape index (κ3) is 3.29. The molecule has 4 rings (SSSR count). The van der Waals surface area contributed by atoms with Gasteiger partial charge in [-0.05, 0) is 25.8 Å². The first kappa shape index (κ1) is 15.9. The molecule has 0 aliphatic carbocycles. The number of imidazole rings is 1. The number of hydrogen-bond acceptors (Lipinski definition) is 3. The van der Waals surface area contributed by atoms with Crippen molar-refractivity contribution >= 4 is 16.8 Å². The molecule has 1 N–H and O–H groups in total. The van der Waals surface area contributed by atoms with Crippen molar-refractivity contribution in [3.8, 4) is 0 Å². The largest absolute Gasteiger partial charge is 0.346 e. The molecule has 0 spiro atoms. The first-order valence-corrected chi connectivity index (χ1v) is 8.90. The lowest BCUT2D eigenvalue weighted by Crippen LogP contribution is -2.39. The van der Waals surface area contributed by atoms with Crippen molar-refractivity contribution in [3.05, 3.63) is 48.2 Å². The van der Waals surface area contributed by atoms with E-state index in [1.54, 1.807) is 0 Å². The van der Waals surface area contributed by atoms with Crippen LogP contribution in [-0.4, -0.2) is 43.6 Å². The number of nitrogens with zero attached hydrogens (tertiary/aromatic N) is 4. The van der Waals surface area contributed by atoms with Crippen LogP contribution in [0.5, 0.6) is 0 Å². The lowest BCUT2D eigenvalue weighted by Gasteiger charge is -2.32. The number of fused-ring (bicyclic) bond motifs is 1. The summed E-state index contributed by atoms with van der Waals surface area (Å²) in [5, 5.41) is 5.52. The van der Waals surface area contributed by atoms with Gasteiger partial charge in [0.1, 0.15) is 5.82 Å². The molecule has 3 heterocycles. The van der Waals surface area contributed by atoms with Gasteiger partial charge >= 0.3 is 0 Å². The molecule has 1 fully saturated rings. The van der Waals surface area contributed by atoms with Crippen molar-refractivity contribution < 1.29 is 4.79 Å². The topological polar surface area (TPSA) is 66.8 Å². The van der Waals surface area contributed by atoms with E-state index in [-0.39, 0.29) is 5.91 Å². The molecule has 0 bridgehead atoms. The summed E-state index contributed by atoms with van der Waals surface area (Å²) in [6.07, 6.45) is 6.31. The number of likely N-dealkylation sites (tertiary alicyclic amines) is 1. The molecule has 1 aliphatic heterocycles. The second-order valence-corrected chi connectivity index (χ2v) is 6.81. The monoisotopic (exact) mass is 337 g/mol. The van der Waals surface area contributed by atoms with Crippen molar-refractivity contribution in [2.45, 2.75) is 38.6 Å². The molecule has 25 heavy (non-hydrogen) atoms. The van der Waals surface area contributed by atoms with Crippen molar-refractivity contribution in [1.82, 2.24) is 24.6 Å². The molecule has 1 aromatic carbocycles. The number of rotatable bonds is 4. The molecule has 1 atom stereocenters. The molecule has 2 aromatic heterocycles. The number of para-hydroxylation sites is 1. The minimum absolute atomic E-state index is 0.201. The fraction of sp³-hybridized carbons (Fsp3) is 0.421. The van der Waals surface area contributed by atoms with Crippen molar-refractivity contribution in [2.75, 3.05) is 13.1 Å². The number of piperidine rings is 1. The van der Waals surface area contributed by atoms with Crippen LogP contribution in [0, 0.1) is 6.92 Å². The summed E-state index contributed by atoms with van der Waals surface area (Å²) in [6.45, 7) is 4.23. The molecular weight excluding hydrogens is 314 g/mol. The second-order valence-electron chi connectivity index (χ2n) is 6.81. The average molecular weight is 337 g/mol. The molecule has 6 heteroatoms. The Morgan fingerprint density at radius 3 is 3.04 bits per heavy atom. The van der Waals surface area contributed by atoms with Crippen LogP contribution in [0.2, 0.25) is 0 Å². The van der Waals surface area contributed by atoms with Crippen molar-refractivity contribution in [1.29, 1.82) is 0 Å². The summed E-state index contributed by atoms with van der Waals surface area (Å²) >= 11 is 0. The maximum Gasteiger partial charge on any atom is 0.224 e. The smallest absolute Gasteiger partial charge is 0.224 e. The van der Waals surface area contributed by atoms with Gasteiger partial charge in [0.15, 0.2) is 0 Å². The predicted octanol–water partition coefficient (Wildman–Crippen LogP) is 2.86. The highest BCUT2D eigenvalue weighted by molar-refractivity contribution is 5.79. The zero-order chi connectivity index (χ0) is 17.2. The van der Waals surface area contributed by atoms with Crippen molar-refractivity contribution in [3.63, 3.8) is 0 Å². The van der Waals surface area contributed by atoms with Gasteiger partial charge in [0.2, 0.25) is 5.91 Å². The third-order valence-electron chi connectivity index (χ3n) is 4.97. The van der Waals surface area contributed by atoms with E-state index in [0.717, 1.165) is 48.4 Å². The van der Waals surface area contributed by atoms with E-state index in [1.165, 1.54) is 0 Å². The molecule has 0 saturated carbocycles. The average Bonchev–Trinajstić information content (AvgIpc) is 3.26. The van der Waals surface area contributed by atoms with E-state index in [9.17, 15) is 4.79 Å². The predicted molar refractivity (Wildman–Crippen MR) is 96.2 cm³/mol. The summed E-state index contributed by atoms with van der Waals surface area (Å²) in [4.78, 5) is 22.4. The van der Waals surface area contributed by atoms with E-state index < -0.39 is 0 Å². The molecule has 1 aliphatic rings. The highest BCUT2D eigenvalue weighted by Crippen LogP contribution is 2.25. The Morgan fingerprint density at radius 2 is 2.20 bits per heavy atom. The number of carbonyl (C=O) groups excluding carboxylic acids is 1.